The zero-order valence-electron chi connectivity index (χ0n) is 34.5. The number of ether oxygens (including phenoxy) is 1. The van der Waals surface area contributed by atoms with Gasteiger partial charge in [0.25, 0.3) is 0 Å². The number of nitrogens with one attached hydrogen (secondary N) is 4. The Morgan fingerprint density at radius 2 is 1.22 bits per heavy atom. The monoisotopic (exact) mass is 806 g/mol. The van der Waals surface area contributed by atoms with Crippen molar-refractivity contribution in [3.63, 3.8) is 0 Å². The highest BCUT2D eigenvalue weighted by Crippen LogP contribution is 2.56. The third-order valence-electron chi connectivity index (χ3n) is 12.4. The van der Waals surface area contributed by atoms with Gasteiger partial charge in [-0.3, -0.25) is 33.9 Å². The fourth-order valence-electron chi connectivity index (χ4n) is 9.69. The molecule has 0 radical (unpaired) electrons. The normalized spacial score (nSPS) is 19.7. The minimum Gasteiger partial charge on any atom is -0.450 e. The van der Waals surface area contributed by atoms with Crippen molar-refractivity contribution >= 4 is 47.5 Å². The number of hydrogen-bond donors (Lipinski definition) is 4. The van der Waals surface area contributed by atoms with E-state index in [1.54, 1.807) is 19.3 Å². The van der Waals surface area contributed by atoms with Gasteiger partial charge in [-0.05, 0) is 115 Å². The summed E-state index contributed by atoms with van der Waals surface area (Å²) in [7, 11) is 0. The van der Waals surface area contributed by atoms with E-state index in [-0.39, 0.29) is 54.2 Å². The molecule has 2 unspecified atom stereocenters. The maximum Gasteiger partial charge on any atom is 0.407 e. The molecule has 2 aliphatic heterocycles. The Morgan fingerprint density at radius 3 is 1.68 bits per heavy atom. The van der Waals surface area contributed by atoms with Crippen molar-refractivity contribution in [1.82, 2.24) is 30.4 Å². The Morgan fingerprint density at radius 1 is 0.746 bits per heavy atom. The number of anilines is 2. The highest BCUT2D eigenvalue weighted by molar-refractivity contribution is 6.00. The van der Waals surface area contributed by atoms with Gasteiger partial charge in [-0.15, -0.1) is 0 Å². The zero-order chi connectivity index (χ0) is 42.1. The molecule has 312 valence electrons. The molecule has 15 heteroatoms. The van der Waals surface area contributed by atoms with E-state index in [2.05, 4.69) is 58.9 Å². The standard InChI is InChI=1S/C44H54N8O7/c1-6-59-42(58)48-24-35(55)52-16-8-10-33(52)41(57)50-29-18-27(20-46-22-29)37-31-12-14-43(2,3)38(31)36(30-11-13-44(4,5)39(30)37)26-17-28(21-45-19-26)49-40(56)32-9-7-15-51(32)34(54)23-47-25-53/h17-22,25,32-33H,6-16,23-24H2,1-5H3,(H,47,53)(H,48,58)(H,49,56)(H,50,57). The molecule has 59 heavy (non-hydrogen) atoms. The smallest absolute Gasteiger partial charge is 0.407 e. The highest BCUT2D eigenvalue weighted by Gasteiger charge is 2.44. The maximum atomic E-state index is 13.7. The van der Waals surface area contributed by atoms with Gasteiger partial charge in [0.05, 0.1) is 36.9 Å². The van der Waals surface area contributed by atoms with E-state index in [4.69, 9.17) is 4.74 Å². The first kappa shape index (κ1) is 41.3. The Balaban J connectivity index is 1.20. The van der Waals surface area contributed by atoms with Crippen molar-refractivity contribution in [2.24, 2.45) is 0 Å². The Bertz CT molecular complexity index is 2190. The van der Waals surface area contributed by atoms with Crippen molar-refractivity contribution in [3.05, 3.63) is 59.2 Å². The Hall–Kier alpha value is -5.86. The summed E-state index contributed by atoms with van der Waals surface area (Å²) < 4.78 is 4.87. The molecule has 3 aromatic rings. The van der Waals surface area contributed by atoms with Gasteiger partial charge in [-0.2, -0.15) is 0 Å². The number of carbonyl (C=O) groups excluding carboxylic acids is 6. The van der Waals surface area contributed by atoms with Gasteiger partial charge in [0.1, 0.15) is 18.6 Å². The van der Waals surface area contributed by atoms with Crippen LogP contribution in [0.5, 0.6) is 0 Å². The lowest BCUT2D eigenvalue weighted by Crippen LogP contribution is -2.47. The predicted molar refractivity (Wildman–Crippen MR) is 221 cm³/mol. The number of carbonyl (C=O) groups is 6. The minimum absolute atomic E-state index is 0.155. The molecule has 2 aliphatic carbocycles. The first-order chi connectivity index (χ1) is 28.2. The second kappa shape index (κ2) is 16.8. The molecule has 2 saturated heterocycles. The third kappa shape index (κ3) is 8.24. The van der Waals surface area contributed by atoms with E-state index in [1.807, 2.05) is 24.5 Å². The van der Waals surface area contributed by atoms with Crippen LogP contribution in [0.1, 0.15) is 95.4 Å². The molecule has 2 atom stereocenters. The van der Waals surface area contributed by atoms with E-state index in [1.165, 1.54) is 32.1 Å². The quantitative estimate of drug-likeness (QED) is 0.189. The van der Waals surface area contributed by atoms with Gasteiger partial charge in [0, 0.05) is 36.6 Å². The van der Waals surface area contributed by atoms with Crippen molar-refractivity contribution in [1.29, 1.82) is 0 Å². The molecule has 4 heterocycles. The van der Waals surface area contributed by atoms with E-state index >= 15 is 0 Å². The van der Waals surface area contributed by atoms with Crippen molar-refractivity contribution in [2.75, 3.05) is 43.4 Å². The zero-order valence-corrected chi connectivity index (χ0v) is 34.5. The number of rotatable bonds is 12. The lowest BCUT2D eigenvalue weighted by atomic mass is 9.74. The fraction of sp³-hybridized carbons (Fsp3) is 0.500. The number of amides is 6. The summed E-state index contributed by atoms with van der Waals surface area (Å²) in [6, 6.07) is 2.65. The van der Waals surface area contributed by atoms with E-state index in [0.717, 1.165) is 47.9 Å². The molecule has 0 spiro atoms. The van der Waals surface area contributed by atoms with Gasteiger partial charge in [0.15, 0.2) is 0 Å². The third-order valence-corrected chi connectivity index (χ3v) is 12.4. The maximum absolute atomic E-state index is 13.7. The molecule has 4 N–H and O–H groups in total. The topological polar surface area (TPSA) is 192 Å². The minimum atomic E-state index is -0.679. The molecule has 2 aromatic heterocycles. The SMILES string of the molecule is CCOC(=O)NCC(=O)N1CCCC1C(=O)Nc1cncc(-c2c3c(c(-c4cncc(NC(=O)C5CCCN5C(=O)CNC=O)c4)c4c2C(C)(C)CC4)C(C)(C)CC3)c1. The molecule has 4 aliphatic rings. The Kier molecular flexibility index (Phi) is 11.7. The lowest BCUT2D eigenvalue weighted by Gasteiger charge is -2.30. The predicted octanol–water partition coefficient (Wildman–Crippen LogP) is 4.61. The second-order valence-electron chi connectivity index (χ2n) is 17.2. The fourth-order valence-corrected chi connectivity index (χ4v) is 9.69. The summed E-state index contributed by atoms with van der Waals surface area (Å²) >= 11 is 0. The van der Waals surface area contributed by atoms with Crippen LogP contribution in [0.3, 0.4) is 0 Å². The van der Waals surface area contributed by atoms with Crippen LogP contribution < -0.4 is 21.3 Å². The van der Waals surface area contributed by atoms with E-state index in [9.17, 15) is 28.8 Å². The molecule has 2 fully saturated rings. The molecule has 0 saturated carbocycles. The van der Waals surface area contributed by atoms with Crippen LogP contribution in [0.4, 0.5) is 16.2 Å². The molecular formula is C44H54N8O7. The first-order valence-electron chi connectivity index (χ1n) is 20.7. The number of hydrogen-bond acceptors (Lipinski definition) is 9. The van der Waals surface area contributed by atoms with E-state index in [0.29, 0.717) is 56.6 Å². The molecule has 6 amide bonds. The summed E-state index contributed by atoms with van der Waals surface area (Å²) in [5.41, 5.74) is 9.80. The number of fused-ring (bicyclic) bond motifs is 2. The molecule has 1 aromatic carbocycles. The van der Waals surface area contributed by atoms with Crippen molar-refractivity contribution in [2.45, 2.75) is 109 Å². The number of alkyl carbamates (subject to hydrolysis) is 1. The largest absolute Gasteiger partial charge is 0.450 e. The summed E-state index contributed by atoms with van der Waals surface area (Å²) in [5.74, 6) is -1.24. The van der Waals surface area contributed by atoms with E-state index < -0.39 is 18.2 Å². The van der Waals surface area contributed by atoms with Crippen LogP contribution in [0.25, 0.3) is 22.3 Å². The van der Waals surface area contributed by atoms with Crippen molar-refractivity contribution < 1.29 is 33.5 Å². The summed E-state index contributed by atoms with van der Waals surface area (Å²) in [5, 5.41) is 10.9. The molecule has 15 nitrogen and oxygen atoms in total. The number of benzene rings is 1. The summed E-state index contributed by atoms with van der Waals surface area (Å²) in [6.45, 7) is 11.4. The first-order valence-corrected chi connectivity index (χ1v) is 20.7. The van der Waals surface area contributed by atoms with Crippen LogP contribution in [-0.2, 0) is 52.4 Å². The van der Waals surface area contributed by atoms with Gasteiger partial charge in [-0.1, -0.05) is 27.7 Å². The average Bonchev–Trinajstić information content (AvgIpc) is 4.02. The van der Waals surface area contributed by atoms with Gasteiger partial charge in [-0.25, -0.2) is 4.79 Å². The van der Waals surface area contributed by atoms with Crippen LogP contribution in [0.15, 0.2) is 36.9 Å². The Labute approximate surface area is 344 Å². The molecular weight excluding hydrogens is 753 g/mol. The van der Waals surface area contributed by atoms with Gasteiger partial charge < -0.3 is 35.8 Å². The number of nitrogens with zero attached hydrogens (tertiary/aromatic N) is 4. The summed E-state index contributed by atoms with van der Waals surface area (Å²) in [4.78, 5) is 88.0. The number of likely N-dealkylation sites (tertiary alicyclic amines) is 2. The van der Waals surface area contributed by atoms with Gasteiger partial charge >= 0.3 is 6.09 Å². The number of aromatic nitrogens is 2. The lowest BCUT2D eigenvalue weighted by molar-refractivity contribution is -0.136. The van der Waals surface area contributed by atoms with Crippen LogP contribution in [0.2, 0.25) is 0 Å². The molecule has 7 rings (SSSR count). The van der Waals surface area contributed by atoms with Crippen LogP contribution in [-0.4, -0.2) is 101 Å². The van der Waals surface area contributed by atoms with Crippen LogP contribution in [0, 0.1) is 0 Å². The summed E-state index contributed by atoms with van der Waals surface area (Å²) in [6.07, 6.45) is 12.7. The average molecular weight is 807 g/mol. The highest BCUT2D eigenvalue weighted by atomic mass is 16.5. The van der Waals surface area contributed by atoms with Gasteiger partial charge in [0.2, 0.25) is 30.0 Å². The van der Waals surface area contributed by atoms with Crippen LogP contribution >= 0.6 is 0 Å². The molecule has 0 bridgehead atoms. The van der Waals surface area contributed by atoms with Crippen molar-refractivity contribution in [3.8, 4) is 22.3 Å². The second-order valence-corrected chi connectivity index (χ2v) is 17.2. The number of pyridine rings is 2.